The lowest BCUT2D eigenvalue weighted by Crippen LogP contribution is -2.24. The number of hydrogen-bond donors (Lipinski definition) is 0. The second-order valence-electron chi connectivity index (χ2n) is 14.4. The molecule has 0 bridgehead atoms. The summed E-state index contributed by atoms with van der Waals surface area (Å²) >= 11 is 0. The first-order chi connectivity index (χ1) is 32.9. The van der Waals surface area contributed by atoms with Crippen molar-refractivity contribution in [2.45, 2.75) is 25.7 Å². The highest BCUT2D eigenvalue weighted by atomic mass is 32.2. The van der Waals surface area contributed by atoms with Crippen molar-refractivity contribution in [3.8, 4) is 12.1 Å². The molecule has 68 heavy (non-hydrogen) atoms. The molecule has 19 heteroatoms. The number of alkyl halides is 1. The van der Waals surface area contributed by atoms with E-state index in [0.29, 0.717) is 24.2 Å². The molecule has 0 aliphatic carbocycles. The van der Waals surface area contributed by atoms with E-state index in [-0.39, 0.29) is 29.6 Å². The third-order valence-corrected chi connectivity index (χ3v) is 11.4. The van der Waals surface area contributed by atoms with E-state index in [1.54, 1.807) is 38.1 Å². The Morgan fingerprint density at radius 1 is 0.721 bits per heavy atom. The molecule has 15 nitrogen and oxygen atoms in total. The monoisotopic (exact) mass is 943 g/mol. The minimum Gasteiger partial charge on any atom is -0.372 e. The molecule has 6 rings (SSSR count). The molecule has 0 saturated heterocycles. The number of rotatable bonds is 13. The number of benzene rings is 6. The lowest BCUT2D eigenvalue weighted by molar-refractivity contribution is -0.394. The zero-order chi connectivity index (χ0) is 51.4. The van der Waals surface area contributed by atoms with Crippen LogP contribution >= 0.6 is 0 Å². The number of nitro benzene ring substituents is 2. The number of halogens is 3. The van der Waals surface area contributed by atoms with Crippen molar-refractivity contribution in [2.75, 3.05) is 50.3 Å². The maximum absolute atomic E-state index is 12.4. The molecule has 6 aromatic rings. The Labute approximate surface area is 392 Å². The minimum absolute atomic E-state index is 0.0290. The minimum atomic E-state index is -3.79. The van der Waals surface area contributed by atoms with E-state index >= 15 is 0 Å². The molecule has 348 valence electrons. The van der Waals surface area contributed by atoms with Gasteiger partial charge in [-0.3, -0.25) is 24.4 Å². The van der Waals surface area contributed by atoms with Gasteiger partial charge in [0.25, 0.3) is 32.9 Å². The highest BCUT2D eigenvalue weighted by Crippen LogP contribution is 2.29. The van der Waals surface area contributed by atoms with E-state index in [1.165, 1.54) is 6.07 Å². The number of fused-ring (bicyclic) bond motifs is 2. The Balaban J connectivity index is 0.000000294. The van der Waals surface area contributed by atoms with Crippen LogP contribution in [0.5, 0.6) is 0 Å². The lowest BCUT2D eigenvalue weighted by Gasteiger charge is -2.20. The maximum Gasteiger partial charge on any atom is 0.297 e. The number of likely N-dealkylation sites (N-methyl/N-ethyl adjacent to an activating group) is 1. The molecular weight excluding hydrogens is 900 g/mol. The molecule has 0 fully saturated rings. The normalized spacial score (nSPS) is 11.3. The summed E-state index contributed by atoms with van der Waals surface area (Å²) in [7, 11) is -0.0567. The predicted molar refractivity (Wildman–Crippen MR) is 256 cm³/mol. The van der Waals surface area contributed by atoms with Gasteiger partial charge in [0.2, 0.25) is 0 Å². The molecule has 0 atom stereocenters. The topological polar surface area (TPSA) is 192 Å². The Hall–Kier alpha value is -8.62. The molecule has 0 spiro atoms. The number of hydrogen-bond acceptors (Lipinski definition) is 11. The van der Waals surface area contributed by atoms with Gasteiger partial charge in [-0.25, -0.2) is 24.6 Å². The summed E-state index contributed by atoms with van der Waals surface area (Å²) in [4.78, 5) is 29.3. The van der Waals surface area contributed by atoms with E-state index in [1.807, 2.05) is 116 Å². The molecule has 0 aliphatic rings. The van der Waals surface area contributed by atoms with Crippen molar-refractivity contribution >= 4 is 65.6 Å². The zero-order valence-electron chi connectivity index (χ0n) is 38.3. The standard InChI is InChI=1S/C25H23N3O3S.C18H16FN3.C6H4N2O4.F2/c1-18-5-11-24(12-6-18)32(29,30)31-14-13-28(4)23-10-9-21-15-20(7-8-22(21)16-23)19(2)25(17-26)27-3;1-13(18(12-20)21-2)14-4-5-16-11-17(22(3)9-8-19)7-6-15(16)10-14;9-7(10)5-2-1-3-6(4-5)8(11)12;1-2/h5-12,15-16H,13-14H2,1-2,4H3;4-7,10-11H,8-9H2,1,3H3;1-4H;/b25-19-;18-13-;;/i;19-1;4D;1-1. The number of allylic oxidation sites excluding steroid dienone is 4. The van der Waals surface area contributed by atoms with Crippen LogP contribution in [0.25, 0.3) is 42.4 Å². The first-order valence-electron chi connectivity index (χ1n) is 20.4. The molecule has 0 unspecified atom stereocenters. The highest BCUT2D eigenvalue weighted by molar-refractivity contribution is 7.86. The quantitative estimate of drug-likeness (QED) is 0.0352. The van der Waals surface area contributed by atoms with Crippen molar-refractivity contribution in [1.29, 1.82) is 10.5 Å². The first-order valence-corrected chi connectivity index (χ1v) is 21.3. The summed E-state index contributed by atoms with van der Waals surface area (Å²) in [6.45, 7) is 20.0. The van der Waals surface area contributed by atoms with Crippen LogP contribution in [0.15, 0.2) is 138 Å². The van der Waals surface area contributed by atoms with E-state index in [9.17, 15) is 33.0 Å². The van der Waals surface area contributed by atoms with Gasteiger partial charge >= 0.3 is 0 Å². The summed E-state index contributed by atoms with van der Waals surface area (Å²) in [5, 5.41) is 42.6. The SMILES string of the molecule is F[18F].[2H]c1c([N+](=O)[O-])cccc1[N+](=O)[O-].[C-]#[N+]/C(C#N)=C(/C)c1ccc2cc(N(C)CCOS(=O)(=O)c3ccc(C)cc3)ccc2c1.[C-]#[N+]/C(C#N)=C(/C)c1ccc2cc(N(C)CC[18F])ccc2c1. The van der Waals surface area contributed by atoms with Crippen LogP contribution in [-0.2, 0) is 14.3 Å². The number of anilines is 2. The summed E-state index contributed by atoms with van der Waals surface area (Å²) in [5.41, 5.74) is 4.97. The third-order valence-electron chi connectivity index (χ3n) is 10.1. The Kier molecular flexibility index (Phi) is 19.7. The Morgan fingerprint density at radius 2 is 1.13 bits per heavy atom. The molecule has 0 heterocycles. The van der Waals surface area contributed by atoms with E-state index in [2.05, 4.69) is 9.69 Å². The second kappa shape index (κ2) is 25.8. The molecule has 0 aliphatic heterocycles. The van der Waals surface area contributed by atoms with Crippen molar-refractivity contribution in [3.05, 3.63) is 192 Å². The van der Waals surface area contributed by atoms with Gasteiger partial charge in [-0.05, 0) is 119 Å². The van der Waals surface area contributed by atoms with Crippen LogP contribution in [0.1, 0.15) is 31.9 Å². The molecular formula is C49H43F3N8O7S. The van der Waals surface area contributed by atoms with Gasteiger partial charge in [-0.2, -0.15) is 8.42 Å². The van der Waals surface area contributed by atoms with Gasteiger partial charge in [0.15, 0.2) is 0 Å². The summed E-state index contributed by atoms with van der Waals surface area (Å²) < 4.78 is 65.4. The third kappa shape index (κ3) is 14.7. The second-order valence-corrected chi connectivity index (χ2v) is 16.1. The molecule has 0 N–H and O–H groups in total. The average molecular weight is 944 g/mol. The van der Waals surface area contributed by atoms with E-state index < -0.39 is 37.4 Å². The smallest absolute Gasteiger partial charge is 0.297 e. The van der Waals surface area contributed by atoms with Gasteiger partial charge in [0.1, 0.15) is 6.67 Å². The number of nitro groups is 2. The van der Waals surface area contributed by atoms with E-state index in [4.69, 9.17) is 38.4 Å². The maximum atomic E-state index is 12.4. The summed E-state index contributed by atoms with van der Waals surface area (Å²) in [6, 6.07) is 36.5. The zero-order valence-corrected chi connectivity index (χ0v) is 38.1. The molecule has 0 aromatic heterocycles. The fourth-order valence-corrected chi connectivity index (χ4v) is 7.07. The van der Waals surface area contributed by atoms with Gasteiger partial charge in [0, 0.05) is 59.8 Å². The molecule has 0 radical (unpaired) electrons. The molecule has 0 saturated carbocycles. The fourth-order valence-electron chi connectivity index (χ4n) is 6.17. The highest BCUT2D eigenvalue weighted by Gasteiger charge is 2.16. The van der Waals surface area contributed by atoms with Crippen molar-refractivity contribution in [2.24, 2.45) is 0 Å². The Morgan fingerprint density at radius 3 is 1.53 bits per heavy atom. The summed E-state index contributed by atoms with van der Waals surface area (Å²) in [6.07, 6.45) is 0. The van der Waals surface area contributed by atoms with Crippen LogP contribution in [-0.4, -0.2) is 58.7 Å². The largest absolute Gasteiger partial charge is 0.372 e. The number of aryl methyl sites for hydroxylation is 1. The average Bonchev–Trinajstić information content (AvgIpc) is 3.35. The molecule has 6 aromatic carbocycles. The van der Waals surface area contributed by atoms with Crippen molar-refractivity contribution in [3.63, 3.8) is 0 Å². The van der Waals surface area contributed by atoms with Crippen LogP contribution in [0, 0.1) is 63.0 Å². The van der Waals surface area contributed by atoms with Crippen LogP contribution in [0.4, 0.5) is 36.3 Å². The van der Waals surface area contributed by atoms with Gasteiger partial charge in [-0.15, -0.1) is 0 Å². The van der Waals surface area contributed by atoms with E-state index in [0.717, 1.165) is 61.7 Å². The van der Waals surface area contributed by atoms with Gasteiger partial charge in [-0.1, -0.05) is 54.1 Å². The number of nitrogens with zero attached hydrogens (tertiary/aromatic N) is 8. The van der Waals surface area contributed by atoms with Gasteiger partial charge < -0.3 is 9.80 Å². The Bertz CT molecular complexity index is 3130. The number of nitriles is 2. The summed E-state index contributed by atoms with van der Waals surface area (Å²) in [5.74, 6) is 0. The first kappa shape index (κ1) is 52.0. The lowest BCUT2D eigenvalue weighted by atomic mass is 10.0. The fraction of sp³-hybridized carbons (Fsp3) is 0.184. The van der Waals surface area contributed by atoms with Crippen molar-refractivity contribution in [1.82, 2.24) is 0 Å². The van der Waals surface area contributed by atoms with Crippen LogP contribution < -0.4 is 9.80 Å². The van der Waals surface area contributed by atoms with Crippen molar-refractivity contribution < 1.29 is 37.4 Å². The molecule has 0 amide bonds. The van der Waals surface area contributed by atoms with Crippen LogP contribution in [0.3, 0.4) is 0 Å². The van der Waals surface area contributed by atoms with Gasteiger partial charge in [0.05, 0.1) is 54.0 Å². The predicted octanol–water partition coefficient (Wildman–Crippen LogP) is 11.9. The van der Waals surface area contributed by atoms with Crippen LogP contribution in [0.2, 0.25) is 0 Å².